The SMILES string of the molecule is CCNCc1cc(Br)cc(C)c1OCc1cccs1. The number of hydrogen-bond acceptors (Lipinski definition) is 3. The molecule has 0 bridgehead atoms. The summed E-state index contributed by atoms with van der Waals surface area (Å²) >= 11 is 5.27. The zero-order valence-electron chi connectivity index (χ0n) is 11.2. The van der Waals surface area contributed by atoms with Gasteiger partial charge in [-0.15, -0.1) is 11.3 Å². The minimum atomic E-state index is 0.638. The van der Waals surface area contributed by atoms with Gasteiger partial charge in [-0.05, 0) is 42.6 Å². The van der Waals surface area contributed by atoms with E-state index < -0.39 is 0 Å². The monoisotopic (exact) mass is 339 g/mol. The summed E-state index contributed by atoms with van der Waals surface area (Å²) < 4.78 is 7.11. The van der Waals surface area contributed by atoms with Gasteiger partial charge in [-0.25, -0.2) is 0 Å². The van der Waals surface area contributed by atoms with E-state index in [2.05, 4.69) is 64.7 Å². The molecule has 0 unspecified atom stereocenters. The van der Waals surface area contributed by atoms with Gasteiger partial charge in [0.25, 0.3) is 0 Å². The highest BCUT2D eigenvalue weighted by atomic mass is 79.9. The van der Waals surface area contributed by atoms with Crippen molar-refractivity contribution in [3.05, 3.63) is 50.1 Å². The summed E-state index contributed by atoms with van der Waals surface area (Å²) in [7, 11) is 0. The molecule has 2 nitrogen and oxygen atoms in total. The molecule has 1 aromatic carbocycles. The standard InChI is InChI=1S/C15H18BrNOS/c1-3-17-9-12-8-13(16)7-11(2)15(12)18-10-14-5-4-6-19-14/h4-8,17H,3,9-10H2,1-2H3. The zero-order valence-corrected chi connectivity index (χ0v) is 13.6. The van der Waals surface area contributed by atoms with Gasteiger partial charge in [0.2, 0.25) is 0 Å². The Morgan fingerprint density at radius 3 is 2.89 bits per heavy atom. The molecular formula is C15H18BrNOS. The number of ether oxygens (including phenoxy) is 1. The van der Waals surface area contributed by atoms with Gasteiger partial charge < -0.3 is 10.1 Å². The third-order valence-corrected chi connectivity index (χ3v) is 4.13. The number of hydrogen-bond donors (Lipinski definition) is 1. The molecule has 0 amide bonds. The van der Waals surface area contributed by atoms with Crippen LogP contribution in [-0.2, 0) is 13.2 Å². The van der Waals surface area contributed by atoms with Crippen molar-refractivity contribution in [2.45, 2.75) is 27.0 Å². The van der Waals surface area contributed by atoms with Crippen molar-refractivity contribution in [2.75, 3.05) is 6.54 Å². The zero-order chi connectivity index (χ0) is 13.7. The number of halogens is 1. The third kappa shape index (κ3) is 4.06. The third-order valence-electron chi connectivity index (χ3n) is 2.82. The van der Waals surface area contributed by atoms with E-state index in [9.17, 15) is 0 Å². The van der Waals surface area contributed by atoms with E-state index in [1.807, 2.05) is 0 Å². The molecule has 0 fully saturated rings. The molecule has 1 N–H and O–H groups in total. The molecule has 2 rings (SSSR count). The fraction of sp³-hybridized carbons (Fsp3) is 0.333. The maximum atomic E-state index is 6.01. The normalized spacial score (nSPS) is 10.7. The molecule has 2 aromatic rings. The van der Waals surface area contributed by atoms with Crippen molar-refractivity contribution in [1.82, 2.24) is 5.32 Å². The first kappa shape index (κ1) is 14.6. The van der Waals surface area contributed by atoms with Crippen LogP contribution in [0.25, 0.3) is 0 Å². The summed E-state index contributed by atoms with van der Waals surface area (Å²) in [5, 5.41) is 5.43. The fourth-order valence-corrected chi connectivity index (χ4v) is 3.17. The van der Waals surface area contributed by atoms with Crippen molar-refractivity contribution in [3.63, 3.8) is 0 Å². The Morgan fingerprint density at radius 1 is 1.37 bits per heavy atom. The van der Waals surface area contributed by atoms with Crippen LogP contribution in [-0.4, -0.2) is 6.54 Å². The second-order valence-corrected chi connectivity index (χ2v) is 6.31. The first-order valence-corrected chi connectivity index (χ1v) is 8.03. The van der Waals surface area contributed by atoms with Crippen LogP contribution in [0.1, 0.15) is 22.9 Å². The molecule has 0 saturated heterocycles. The van der Waals surface area contributed by atoms with Crippen LogP contribution in [0.5, 0.6) is 5.75 Å². The van der Waals surface area contributed by atoms with Crippen LogP contribution >= 0.6 is 27.3 Å². The van der Waals surface area contributed by atoms with E-state index in [1.54, 1.807) is 11.3 Å². The summed E-state index contributed by atoms with van der Waals surface area (Å²) in [5.41, 5.74) is 2.36. The molecule has 0 aliphatic rings. The van der Waals surface area contributed by atoms with Gasteiger partial charge in [-0.2, -0.15) is 0 Å². The summed E-state index contributed by atoms with van der Waals surface area (Å²) in [6.07, 6.45) is 0. The molecule has 102 valence electrons. The molecule has 4 heteroatoms. The first-order valence-electron chi connectivity index (χ1n) is 6.35. The number of aryl methyl sites for hydroxylation is 1. The van der Waals surface area contributed by atoms with Gasteiger partial charge in [0, 0.05) is 21.5 Å². The minimum Gasteiger partial charge on any atom is -0.487 e. The predicted molar refractivity (Wildman–Crippen MR) is 84.9 cm³/mol. The quantitative estimate of drug-likeness (QED) is 0.836. The maximum Gasteiger partial charge on any atom is 0.127 e. The molecule has 0 atom stereocenters. The molecule has 0 aliphatic carbocycles. The highest BCUT2D eigenvalue weighted by molar-refractivity contribution is 9.10. The number of nitrogens with one attached hydrogen (secondary N) is 1. The summed E-state index contributed by atoms with van der Waals surface area (Å²) in [6, 6.07) is 8.37. The topological polar surface area (TPSA) is 21.3 Å². The first-order chi connectivity index (χ1) is 9.20. The van der Waals surface area contributed by atoms with Gasteiger partial charge in [0.05, 0.1) is 0 Å². The van der Waals surface area contributed by atoms with E-state index >= 15 is 0 Å². The van der Waals surface area contributed by atoms with E-state index in [0.717, 1.165) is 23.3 Å². The molecule has 1 aromatic heterocycles. The van der Waals surface area contributed by atoms with Gasteiger partial charge in [-0.1, -0.05) is 28.9 Å². The van der Waals surface area contributed by atoms with E-state index in [-0.39, 0.29) is 0 Å². The van der Waals surface area contributed by atoms with E-state index in [1.165, 1.54) is 16.0 Å². The number of benzene rings is 1. The summed E-state index contributed by atoms with van der Waals surface area (Å²) in [4.78, 5) is 1.25. The minimum absolute atomic E-state index is 0.638. The Bertz CT molecular complexity index is 525. The lowest BCUT2D eigenvalue weighted by atomic mass is 10.1. The maximum absolute atomic E-state index is 6.01. The van der Waals surface area contributed by atoms with Crippen LogP contribution in [0.3, 0.4) is 0 Å². The van der Waals surface area contributed by atoms with Gasteiger partial charge >= 0.3 is 0 Å². The fourth-order valence-electron chi connectivity index (χ4n) is 1.93. The Balaban J connectivity index is 2.16. The van der Waals surface area contributed by atoms with Crippen LogP contribution < -0.4 is 10.1 Å². The smallest absolute Gasteiger partial charge is 0.127 e. The van der Waals surface area contributed by atoms with Gasteiger partial charge in [-0.3, -0.25) is 0 Å². The largest absolute Gasteiger partial charge is 0.487 e. The molecule has 19 heavy (non-hydrogen) atoms. The average molecular weight is 340 g/mol. The Labute approximate surface area is 126 Å². The lowest BCUT2D eigenvalue weighted by Crippen LogP contribution is -2.13. The molecular weight excluding hydrogens is 322 g/mol. The Hall–Kier alpha value is -0.840. The summed E-state index contributed by atoms with van der Waals surface area (Å²) in [6.45, 7) is 6.62. The lowest BCUT2D eigenvalue weighted by molar-refractivity contribution is 0.303. The highest BCUT2D eigenvalue weighted by Gasteiger charge is 2.09. The van der Waals surface area contributed by atoms with Crippen LogP contribution in [0.4, 0.5) is 0 Å². The number of thiophene rings is 1. The van der Waals surface area contributed by atoms with Crippen molar-refractivity contribution in [3.8, 4) is 5.75 Å². The number of rotatable bonds is 6. The lowest BCUT2D eigenvalue weighted by Gasteiger charge is -2.15. The van der Waals surface area contributed by atoms with Crippen molar-refractivity contribution in [1.29, 1.82) is 0 Å². The highest BCUT2D eigenvalue weighted by Crippen LogP contribution is 2.29. The van der Waals surface area contributed by atoms with Gasteiger partial charge in [0.15, 0.2) is 0 Å². The van der Waals surface area contributed by atoms with Crippen molar-refractivity contribution >= 4 is 27.3 Å². The van der Waals surface area contributed by atoms with Crippen LogP contribution in [0.15, 0.2) is 34.1 Å². The van der Waals surface area contributed by atoms with Crippen molar-refractivity contribution < 1.29 is 4.74 Å². The van der Waals surface area contributed by atoms with Crippen LogP contribution in [0, 0.1) is 6.92 Å². The molecule has 0 saturated carbocycles. The predicted octanol–water partition coefficient (Wildman–Crippen LogP) is 4.51. The van der Waals surface area contributed by atoms with Gasteiger partial charge in [0.1, 0.15) is 12.4 Å². The Morgan fingerprint density at radius 2 is 2.21 bits per heavy atom. The van der Waals surface area contributed by atoms with Crippen molar-refractivity contribution in [2.24, 2.45) is 0 Å². The molecule has 0 aliphatic heterocycles. The van der Waals surface area contributed by atoms with E-state index in [0.29, 0.717) is 6.61 Å². The molecule has 1 heterocycles. The average Bonchev–Trinajstić information content (AvgIpc) is 2.88. The van der Waals surface area contributed by atoms with Crippen LogP contribution in [0.2, 0.25) is 0 Å². The molecule has 0 radical (unpaired) electrons. The summed E-state index contributed by atoms with van der Waals surface area (Å²) in [5.74, 6) is 0.998. The molecule has 0 spiro atoms. The second-order valence-electron chi connectivity index (χ2n) is 4.36. The second kappa shape index (κ2) is 7.08. The Kier molecular flexibility index (Phi) is 5.43. The van der Waals surface area contributed by atoms with E-state index in [4.69, 9.17) is 4.74 Å².